The second-order valence-electron chi connectivity index (χ2n) is 5.78. The summed E-state index contributed by atoms with van der Waals surface area (Å²) in [6.45, 7) is 1.99. The molecule has 0 bridgehead atoms. The van der Waals surface area contributed by atoms with Gasteiger partial charge in [0.2, 0.25) is 0 Å². The third-order valence-electron chi connectivity index (χ3n) is 3.75. The highest BCUT2D eigenvalue weighted by molar-refractivity contribution is 6.30. The van der Waals surface area contributed by atoms with Crippen LogP contribution in [0.15, 0.2) is 48.5 Å². The minimum atomic E-state index is -0.672. The van der Waals surface area contributed by atoms with Gasteiger partial charge in [0.25, 0.3) is 0 Å². The number of nitrogens with zero attached hydrogens (tertiary/aromatic N) is 1. The van der Waals surface area contributed by atoms with Crippen molar-refractivity contribution in [2.45, 2.75) is 13.5 Å². The molecule has 0 aliphatic rings. The summed E-state index contributed by atoms with van der Waals surface area (Å²) in [5.41, 5.74) is 8.39. The fourth-order valence-corrected chi connectivity index (χ4v) is 2.66. The molecule has 1 aromatic heterocycles. The Hall–Kier alpha value is -3.12. The number of fused-ring (bicyclic) bond motifs is 1. The van der Waals surface area contributed by atoms with Crippen molar-refractivity contribution in [2.75, 3.05) is 5.32 Å². The molecule has 0 aliphatic heterocycles. The van der Waals surface area contributed by atoms with E-state index in [1.165, 1.54) is 12.1 Å². The van der Waals surface area contributed by atoms with Gasteiger partial charge in [-0.3, -0.25) is 0 Å². The molecular weight excluding hydrogens is 354 g/mol. The Bertz CT molecular complexity index is 987. The molecule has 7 heteroatoms. The predicted molar refractivity (Wildman–Crippen MR) is 100 cm³/mol. The van der Waals surface area contributed by atoms with Crippen molar-refractivity contribution in [1.29, 1.82) is 0 Å². The van der Waals surface area contributed by atoms with Crippen LogP contribution in [-0.2, 0) is 11.3 Å². The van der Waals surface area contributed by atoms with Gasteiger partial charge in [-0.15, -0.1) is 0 Å². The molecule has 0 atom stereocenters. The molecule has 1 heterocycles. The van der Waals surface area contributed by atoms with E-state index >= 15 is 0 Å². The van der Waals surface area contributed by atoms with Gasteiger partial charge in [-0.1, -0.05) is 23.7 Å². The number of esters is 1. The third kappa shape index (κ3) is 4.10. The quantitative estimate of drug-likeness (QED) is 0.536. The average Bonchev–Trinajstić information content (AvgIpc) is 2.60. The Kier molecular flexibility index (Phi) is 5.04. The summed E-state index contributed by atoms with van der Waals surface area (Å²) in [6, 6.07) is 13.3. The molecule has 2 amide bonds. The number of amides is 2. The Morgan fingerprint density at radius 1 is 1.15 bits per heavy atom. The zero-order valence-corrected chi connectivity index (χ0v) is 14.7. The van der Waals surface area contributed by atoms with E-state index in [1.807, 2.05) is 31.2 Å². The van der Waals surface area contributed by atoms with Crippen LogP contribution in [0.3, 0.4) is 0 Å². The number of rotatable bonds is 4. The number of nitrogens with one attached hydrogen (secondary N) is 1. The number of hydrogen-bond acceptors (Lipinski definition) is 4. The number of ether oxygens (including phenoxy) is 1. The first kappa shape index (κ1) is 17.7. The molecule has 0 fully saturated rings. The largest absolute Gasteiger partial charge is 0.457 e. The first-order chi connectivity index (χ1) is 12.4. The summed E-state index contributed by atoms with van der Waals surface area (Å²) in [5, 5.41) is 3.64. The summed E-state index contributed by atoms with van der Waals surface area (Å²) in [7, 11) is 0. The van der Waals surface area contributed by atoms with Crippen LogP contribution in [0, 0.1) is 6.92 Å². The smallest absolute Gasteiger partial charge is 0.338 e. The SMILES string of the molecule is Cc1ccc2cc(COC(=O)c3ccc(NC(N)=O)cc3)c(Cl)nc2c1. The normalized spacial score (nSPS) is 10.5. The number of halogens is 1. The van der Waals surface area contributed by atoms with Gasteiger partial charge < -0.3 is 15.8 Å². The van der Waals surface area contributed by atoms with Gasteiger partial charge in [-0.25, -0.2) is 14.6 Å². The van der Waals surface area contributed by atoms with Gasteiger partial charge in [0.15, 0.2) is 0 Å². The van der Waals surface area contributed by atoms with Crippen LogP contribution >= 0.6 is 11.6 Å². The number of primary amides is 1. The number of aryl methyl sites for hydroxylation is 1. The molecule has 2 aromatic carbocycles. The van der Waals surface area contributed by atoms with E-state index in [0.29, 0.717) is 22.0 Å². The van der Waals surface area contributed by atoms with Crippen LogP contribution in [0.25, 0.3) is 10.9 Å². The summed E-state index contributed by atoms with van der Waals surface area (Å²) in [5.74, 6) is -0.504. The summed E-state index contributed by atoms with van der Waals surface area (Å²) < 4.78 is 5.31. The van der Waals surface area contributed by atoms with Crippen molar-refractivity contribution in [2.24, 2.45) is 5.73 Å². The molecule has 6 nitrogen and oxygen atoms in total. The topological polar surface area (TPSA) is 94.3 Å². The highest BCUT2D eigenvalue weighted by Crippen LogP contribution is 2.22. The van der Waals surface area contributed by atoms with Gasteiger partial charge in [0, 0.05) is 16.6 Å². The molecule has 0 saturated heterocycles. The lowest BCUT2D eigenvalue weighted by atomic mass is 10.1. The minimum absolute atomic E-state index is 0.00969. The van der Waals surface area contributed by atoms with E-state index in [9.17, 15) is 9.59 Å². The van der Waals surface area contributed by atoms with Crippen molar-refractivity contribution >= 4 is 40.2 Å². The van der Waals surface area contributed by atoms with Gasteiger partial charge in [0.1, 0.15) is 11.8 Å². The lowest BCUT2D eigenvalue weighted by molar-refractivity contribution is 0.0472. The van der Waals surface area contributed by atoms with Crippen LogP contribution in [0.2, 0.25) is 5.15 Å². The lowest BCUT2D eigenvalue weighted by Crippen LogP contribution is -2.19. The van der Waals surface area contributed by atoms with Crippen molar-refractivity contribution in [3.63, 3.8) is 0 Å². The number of carbonyl (C=O) groups excluding carboxylic acids is 2. The third-order valence-corrected chi connectivity index (χ3v) is 4.07. The Morgan fingerprint density at radius 3 is 2.58 bits per heavy atom. The van der Waals surface area contributed by atoms with E-state index in [1.54, 1.807) is 12.1 Å². The molecule has 0 saturated carbocycles. The second kappa shape index (κ2) is 7.41. The van der Waals surface area contributed by atoms with E-state index < -0.39 is 12.0 Å². The number of anilines is 1. The zero-order chi connectivity index (χ0) is 18.7. The second-order valence-corrected chi connectivity index (χ2v) is 6.14. The van der Waals surface area contributed by atoms with Crippen LogP contribution in [0.4, 0.5) is 10.5 Å². The van der Waals surface area contributed by atoms with Gasteiger partial charge >= 0.3 is 12.0 Å². The van der Waals surface area contributed by atoms with Crippen LogP contribution in [0.5, 0.6) is 0 Å². The maximum absolute atomic E-state index is 12.2. The lowest BCUT2D eigenvalue weighted by Gasteiger charge is -2.09. The van der Waals surface area contributed by atoms with Crippen molar-refractivity contribution in [3.8, 4) is 0 Å². The van der Waals surface area contributed by atoms with E-state index in [-0.39, 0.29) is 6.61 Å². The first-order valence-corrected chi connectivity index (χ1v) is 8.19. The van der Waals surface area contributed by atoms with Gasteiger partial charge in [0.05, 0.1) is 11.1 Å². The molecule has 0 radical (unpaired) electrons. The number of carbonyl (C=O) groups is 2. The number of urea groups is 1. The Balaban J connectivity index is 1.71. The molecule has 0 unspecified atom stereocenters. The van der Waals surface area contributed by atoms with E-state index in [2.05, 4.69) is 10.3 Å². The number of hydrogen-bond donors (Lipinski definition) is 2. The zero-order valence-electron chi connectivity index (χ0n) is 14.0. The molecule has 3 N–H and O–H groups in total. The Labute approximate surface area is 154 Å². The maximum atomic E-state index is 12.2. The molecule has 0 aliphatic carbocycles. The van der Waals surface area contributed by atoms with Gasteiger partial charge in [-0.05, 0) is 48.9 Å². The van der Waals surface area contributed by atoms with Crippen LogP contribution in [0.1, 0.15) is 21.5 Å². The molecule has 3 aromatic rings. The highest BCUT2D eigenvalue weighted by atomic mass is 35.5. The fraction of sp³-hybridized carbons (Fsp3) is 0.105. The molecule has 26 heavy (non-hydrogen) atoms. The molecule has 0 spiro atoms. The van der Waals surface area contributed by atoms with E-state index in [4.69, 9.17) is 22.1 Å². The van der Waals surface area contributed by atoms with Crippen molar-refractivity contribution < 1.29 is 14.3 Å². The number of aromatic nitrogens is 1. The summed E-state index contributed by atoms with van der Waals surface area (Å²) >= 11 is 6.20. The maximum Gasteiger partial charge on any atom is 0.338 e. The number of pyridine rings is 1. The number of benzene rings is 2. The molecule has 132 valence electrons. The predicted octanol–water partition coefficient (Wildman–Crippen LogP) is 4.04. The van der Waals surface area contributed by atoms with E-state index in [0.717, 1.165) is 16.5 Å². The highest BCUT2D eigenvalue weighted by Gasteiger charge is 2.11. The Morgan fingerprint density at radius 2 is 1.88 bits per heavy atom. The van der Waals surface area contributed by atoms with Crippen molar-refractivity contribution in [1.82, 2.24) is 4.98 Å². The minimum Gasteiger partial charge on any atom is -0.457 e. The fourth-order valence-electron chi connectivity index (χ4n) is 2.46. The van der Waals surface area contributed by atoms with Crippen molar-refractivity contribution in [3.05, 3.63) is 70.4 Å². The average molecular weight is 370 g/mol. The van der Waals surface area contributed by atoms with Crippen LogP contribution < -0.4 is 11.1 Å². The standard InChI is InChI=1S/C19H16ClN3O3/c1-11-2-3-13-9-14(17(20)23-16(13)8-11)10-26-18(24)12-4-6-15(7-5-12)22-19(21)25/h2-9H,10H2,1H3,(H3,21,22,25). The number of nitrogens with two attached hydrogens (primary N) is 1. The molecular formula is C19H16ClN3O3. The molecule has 3 rings (SSSR count). The summed E-state index contributed by atoms with van der Waals surface area (Å²) in [6.07, 6.45) is 0. The van der Waals surface area contributed by atoms with Crippen LogP contribution in [-0.4, -0.2) is 17.0 Å². The first-order valence-electron chi connectivity index (χ1n) is 7.82. The summed E-state index contributed by atoms with van der Waals surface area (Å²) in [4.78, 5) is 27.3. The van der Waals surface area contributed by atoms with Gasteiger partial charge in [-0.2, -0.15) is 0 Å². The monoisotopic (exact) mass is 369 g/mol.